The van der Waals surface area contributed by atoms with Gasteiger partial charge in [-0.3, -0.25) is 4.98 Å². The topological polar surface area (TPSA) is 69.5 Å². The van der Waals surface area contributed by atoms with Crippen LogP contribution < -0.4 is 5.76 Å². The molecule has 2 rings (SSSR count). The third-order valence-corrected chi connectivity index (χ3v) is 2.86. The smallest absolute Gasteiger partial charge is 0.408 e. The van der Waals surface area contributed by atoms with E-state index in [1.54, 1.807) is 0 Å². The van der Waals surface area contributed by atoms with Crippen LogP contribution in [0.5, 0.6) is 0 Å². The molecule has 0 aliphatic heterocycles. The molecule has 0 saturated carbocycles. The third-order valence-electron chi connectivity index (χ3n) is 2.86. The first-order chi connectivity index (χ1) is 8.11. The Morgan fingerprint density at radius 3 is 2.88 bits per heavy atom. The van der Waals surface area contributed by atoms with Crippen molar-refractivity contribution in [3.8, 4) is 0 Å². The third kappa shape index (κ3) is 2.40. The molecule has 1 aromatic heterocycles. The fourth-order valence-electron chi connectivity index (χ4n) is 2.01. The van der Waals surface area contributed by atoms with Gasteiger partial charge in [0.05, 0.1) is 5.52 Å². The number of nitrogens with zero attached hydrogens (tertiary/aromatic N) is 1. The van der Waals surface area contributed by atoms with Crippen LogP contribution in [0.1, 0.15) is 18.0 Å². The maximum absolute atomic E-state index is 11.1. The summed E-state index contributed by atoms with van der Waals surface area (Å²) in [6, 6.07) is 5.72. The first kappa shape index (κ1) is 11.9. The molecule has 0 saturated heterocycles. The average Bonchev–Trinajstić information content (AvgIpc) is 2.64. The zero-order chi connectivity index (χ0) is 12.4. The van der Waals surface area contributed by atoms with E-state index in [2.05, 4.69) is 4.98 Å². The Morgan fingerprint density at radius 2 is 2.24 bits per heavy atom. The normalized spacial score (nSPS) is 13.4. The zero-order valence-electron chi connectivity index (χ0n) is 9.93. The lowest BCUT2D eigenvalue weighted by atomic mass is 10.0. The number of hydrogen-bond acceptors (Lipinski definition) is 4. The Hall–Kier alpha value is -1.59. The van der Waals surface area contributed by atoms with Crippen molar-refractivity contribution in [1.29, 1.82) is 0 Å². The molecule has 2 aromatic rings. The van der Waals surface area contributed by atoms with E-state index in [1.165, 1.54) is 0 Å². The van der Waals surface area contributed by atoms with Gasteiger partial charge in [-0.15, -0.1) is 0 Å². The molecule has 17 heavy (non-hydrogen) atoms. The van der Waals surface area contributed by atoms with Gasteiger partial charge in [-0.25, -0.2) is 4.79 Å². The van der Waals surface area contributed by atoms with Gasteiger partial charge in [-0.05, 0) is 38.2 Å². The van der Waals surface area contributed by atoms with Gasteiger partial charge in [0.1, 0.15) is 0 Å². The fraction of sp³-hybridized carbons (Fsp3) is 0.417. The van der Waals surface area contributed by atoms with Crippen molar-refractivity contribution in [2.45, 2.75) is 12.5 Å². The second-order valence-corrected chi connectivity index (χ2v) is 4.26. The van der Waals surface area contributed by atoms with E-state index in [4.69, 9.17) is 9.52 Å². The SMILES string of the molecule is CN(C)C(CCO)c1ccc2[nH]c(=O)oc2c1. The Kier molecular flexibility index (Phi) is 3.31. The molecule has 0 radical (unpaired) electrons. The zero-order valence-corrected chi connectivity index (χ0v) is 9.93. The van der Waals surface area contributed by atoms with Crippen molar-refractivity contribution >= 4 is 11.1 Å². The molecular weight excluding hydrogens is 220 g/mol. The minimum absolute atomic E-state index is 0.115. The van der Waals surface area contributed by atoms with Gasteiger partial charge >= 0.3 is 5.76 Å². The summed E-state index contributed by atoms with van der Waals surface area (Å²) in [4.78, 5) is 15.7. The van der Waals surface area contributed by atoms with Crippen LogP contribution >= 0.6 is 0 Å². The number of oxazole rings is 1. The first-order valence-electron chi connectivity index (χ1n) is 5.52. The number of hydrogen-bond donors (Lipinski definition) is 2. The van der Waals surface area contributed by atoms with E-state index in [9.17, 15) is 4.79 Å². The number of nitrogens with one attached hydrogen (secondary N) is 1. The van der Waals surface area contributed by atoms with Gasteiger partial charge in [0.25, 0.3) is 0 Å². The Morgan fingerprint density at radius 1 is 1.47 bits per heavy atom. The van der Waals surface area contributed by atoms with E-state index < -0.39 is 5.76 Å². The van der Waals surface area contributed by atoms with Crippen molar-refractivity contribution in [1.82, 2.24) is 9.88 Å². The number of aromatic nitrogens is 1. The number of benzene rings is 1. The largest absolute Gasteiger partial charge is 0.417 e. The number of H-pyrrole nitrogens is 1. The molecule has 1 atom stereocenters. The van der Waals surface area contributed by atoms with Crippen LogP contribution in [0.25, 0.3) is 11.1 Å². The van der Waals surface area contributed by atoms with Crippen molar-refractivity contribution in [3.63, 3.8) is 0 Å². The number of aromatic amines is 1. The van der Waals surface area contributed by atoms with E-state index in [1.807, 2.05) is 37.2 Å². The minimum Gasteiger partial charge on any atom is -0.408 e. The molecule has 5 heteroatoms. The predicted molar refractivity (Wildman–Crippen MR) is 65.0 cm³/mol. The van der Waals surface area contributed by atoms with Crippen molar-refractivity contribution in [2.24, 2.45) is 0 Å². The second-order valence-electron chi connectivity index (χ2n) is 4.26. The molecule has 0 bridgehead atoms. The molecule has 0 aliphatic rings. The molecule has 1 aromatic carbocycles. The highest BCUT2D eigenvalue weighted by molar-refractivity contribution is 5.72. The highest BCUT2D eigenvalue weighted by Crippen LogP contribution is 2.24. The fourth-order valence-corrected chi connectivity index (χ4v) is 2.01. The lowest BCUT2D eigenvalue weighted by Gasteiger charge is -2.23. The standard InChI is InChI=1S/C12H16N2O3/c1-14(2)10(5-6-15)8-3-4-9-11(7-8)17-12(16)13-9/h3-4,7,10,15H,5-6H2,1-2H3,(H,13,16). The predicted octanol–water partition coefficient (Wildman–Crippen LogP) is 1.11. The van der Waals surface area contributed by atoms with Crippen molar-refractivity contribution < 1.29 is 9.52 Å². The van der Waals surface area contributed by atoms with Gasteiger partial charge < -0.3 is 14.4 Å². The molecule has 1 unspecified atom stereocenters. The molecule has 1 heterocycles. The maximum Gasteiger partial charge on any atom is 0.417 e. The van der Waals surface area contributed by atoms with E-state index in [0.717, 1.165) is 5.56 Å². The van der Waals surface area contributed by atoms with Gasteiger partial charge in [0.2, 0.25) is 0 Å². The summed E-state index contributed by atoms with van der Waals surface area (Å²) in [7, 11) is 3.91. The lowest BCUT2D eigenvalue weighted by Crippen LogP contribution is -2.20. The van der Waals surface area contributed by atoms with Crippen molar-refractivity contribution in [3.05, 3.63) is 34.3 Å². The molecule has 92 valence electrons. The molecule has 2 N–H and O–H groups in total. The summed E-state index contributed by atoms with van der Waals surface area (Å²) >= 11 is 0. The Labute approximate surface area is 98.7 Å². The van der Waals surface area contributed by atoms with E-state index >= 15 is 0 Å². The van der Waals surface area contributed by atoms with Crippen LogP contribution in [0.2, 0.25) is 0 Å². The summed E-state index contributed by atoms with van der Waals surface area (Å²) in [5.41, 5.74) is 2.27. The summed E-state index contributed by atoms with van der Waals surface area (Å²) in [5, 5.41) is 9.06. The van der Waals surface area contributed by atoms with Gasteiger partial charge in [0, 0.05) is 12.6 Å². The summed E-state index contributed by atoms with van der Waals surface area (Å²) in [6.45, 7) is 0.123. The summed E-state index contributed by atoms with van der Waals surface area (Å²) < 4.78 is 5.02. The molecule has 0 amide bonds. The highest BCUT2D eigenvalue weighted by atomic mass is 16.4. The Bertz CT molecular complexity index is 556. The Balaban J connectivity index is 2.42. The van der Waals surface area contributed by atoms with Crippen LogP contribution in [-0.4, -0.2) is 35.7 Å². The number of aliphatic hydroxyl groups is 1. The second kappa shape index (κ2) is 4.73. The van der Waals surface area contributed by atoms with E-state index in [0.29, 0.717) is 17.5 Å². The van der Waals surface area contributed by atoms with E-state index in [-0.39, 0.29) is 12.6 Å². The van der Waals surface area contributed by atoms with Crippen molar-refractivity contribution in [2.75, 3.05) is 20.7 Å². The van der Waals surface area contributed by atoms with Crippen LogP contribution in [0.3, 0.4) is 0 Å². The lowest BCUT2D eigenvalue weighted by molar-refractivity contribution is 0.211. The van der Waals surface area contributed by atoms with Crippen LogP contribution in [-0.2, 0) is 0 Å². The molecule has 5 nitrogen and oxygen atoms in total. The number of fused-ring (bicyclic) bond motifs is 1. The first-order valence-corrected chi connectivity index (χ1v) is 5.52. The van der Waals surface area contributed by atoms with Gasteiger partial charge in [-0.1, -0.05) is 6.07 Å². The number of rotatable bonds is 4. The summed E-state index contributed by atoms with van der Waals surface area (Å²) in [5.74, 6) is -0.444. The average molecular weight is 236 g/mol. The highest BCUT2D eigenvalue weighted by Gasteiger charge is 2.14. The molecule has 0 fully saturated rings. The quantitative estimate of drug-likeness (QED) is 0.834. The van der Waals surface area contributed by atoms with Gasteiger partial charge in [0.15, 0.2) is 5.58 Å². The van der Waals surface area contributed by atoms with Crippen LogP contribution in [0.4, 0.5) is 0 Å². The molecular formula is C12H16N2O3. The molecule has 0 aliphatic carbocycles. The van der Waals surface area contributed by atoms with Crippen LogP contribution in [0, 0.1) is 0 Å². The monoisotopic (exact) mass is 236 g/mol. The number of aliphatic hydroxyl groups excluding tert-OH is 1. The maximum atomic E-state index is 11.1. The summed E-state index contributed by atoms with van der Waals surface area (Å²) in [6.07, 6.45) is 0.646. The van der Waals surface area contributed by atoms with Gasteiger partial charge in [-0.2, -0.15) is 0 Å². The van der Waals surface area contributed by atoms with Crippen LogP contribution in [0.15, 0.2) is 27.4 Å². The minimum atomic E-state index is -0.444. The molecule has 0 spiro atoms.